The molecule has 7 heteroatoms. The topological polar surface area (TPSA) is 55.3 Å². The van der Waals surface area contributed by atoms with E-state index in [1.54, 1.807) is 18.2 Å². The zero-order valence-electron chi connectivity index (χ0n) is 17.1. The minimum Gasteiger partial charge on any atom is -0.486 e. The van der Waals surface area contributed by atoms with Crippen LogP contribution in [0.4, 0.5) is 10.2 Å². The SMILES string of the molecule is Cc1cc(Cl)cc2c1OC1(CCN(c3ccc(-c4ccc(F)cc4)nn3)CC1)CC2=O. The highest BCUT2D eigenvalue weighted by Crippen LogP contribution is 2.42. The average Bonchev–Trinajstić information content (AvgIpc) is 2.76. The lowest BCUT2D eigenvalue weighted by Gasteiger charge is -2.44. The van der Waals surface area contributed by atoms with Crippen LogP contribution in [0.3, 0.4) is 0 Å². The molecule has 2 aliphatic rings. The summed E-state index contributed by atoms with van der Waals surface area (Å²) < 4.78 is 19.5. The molecular weight excluding hydrogens is 417 g/mol. The highest BCUT2D eigenvalue weighted by molar-refractivity contribution is 6.31. The van der Waals surface area contributed by atoms with Crippen molar-refractivity contribution in [1.29, 1.82) is 0 Å². The summed E-state index contributed by atoms with van der Waals surface area (Å²) in [7, 11) is 0. The highest BCUT2D eigenvalue weighted by Gasteiger charge is 2.43. The third kappa shape index (κ3) is 3.76. The first-order valence-corrected chi connectivity index (χ1v) is 10.7. The average molecular weight is 438 g/mol. The van der Waals surface area contributed by atoms with Gasteiger partial charge in [0.25, 0.3) is 0 Å². The number of nitrogens with zero attached hydrogens (tertiary/aromatic N) is 3. The number of carbonyl (C=O) groups excluding carboxylic acids is 1. The number of fused-ring (bicyclic) bond motifs is 1. The Hall–Kier alpha value is -2.99. The maximum absolute atomic E-state index is 13.1. The molecular formula is C24H21ClFN3O2. The van der Waals surface area contributed by atoms with Gasteiger partial charge in [0.1, 0.15) is 17.2 Å². The van der Waals surface area contributed by atoms with E-state index in [0.29, 0.717) is 28.5 Å². The van der Waals surface area contributed by atoms with Crippen molar-refractivity contribution in [3.8, 4) is 17.0 Å². The van der Waals surface area contributed by atoms with Gasteiger partial charge in [-0.25, -0.2) is 4.39 Å². The van der Waals surface area contributed by atoms with Crippen LogP contribution in [0.25, 0.3) is 11.3 Å². The van der Waals surface area contributed by atoms with Crippen molar-refractivity contribution in [3.63, 3.8) is 0 Å². The normalized spacial score (nSPS) is 17.4. The van der Waals surface area contributed by atoms with Crippen LogP contribution in [-0.2, 0) is 0 Å². The summed E-state index contributed by atoms with van der Waals surface area (Å²) in [5.41, 5.74) is 2.51. The van der Waals surface area contributed by atoms with Crippen molar-refractivity contribution in [2.24, 2.45) is 0 Å². The van der Waals surface area contributed by atoms with E-state index in [0.717, 1.165) is 42.9 Å². The molecule has 0 amide bonds. The van der Waals surface area contributed by atoms with E-state index in [4.69, 9.17) is 16.3 Å². The molecule has 1 saturated heterocycles. The molecule has 2 aliphatic heterocycles. The van der Waals surface area contributed by atoms with Gasteiger partial charge in [0.05, 0.1) is 17.7 Å². The van der Waals surface area contributed by atoms with Crippen molar-refractivity contribution in [2.45, 2.75) is 31.8 Å². The number of halogens is 2. The summed E-state index contributed by atoms with van der Waals surface area (Å²) in [5.74, 6) is 1.26. The summed E-state index contributed by atoms with van der Waals surface area (Å²) in [6.45, 7) is 3.37. The number of carbonyl (C=O) groups is 1. The van der Waals surface area contributed by atoms with E-state index in [-0.39, 0.29) is 11.6 Å². The summed E-state index contributed by atoms with van der Waals surface area (Å²) in [6, 6.07) is 13.6. The Morgan fingerprint density at radius 3 is 2.48 bits per heavy atom. The molecule has 31 heavy (non-hydrogen) atoms. The number of benzene rings is 2. The molecule has 1 aromatic heterocycles. The van der Waals surface area contributed by atoms with Crippen LogP contribution in [0, 0.1) is 12.7 Å². The molecule has 3 heterocycles. The van der Waals surface area contributed by atoms with Gasteiger partial charge in [-0.1, -0.05) is 11.6 Å². The third-order valence-corrected chi connectivity index (χ3v) is 6.35. The molecule has 2 aromatic carbocycles. The Balaban J connectivity index is 1.30. The van der Waals surface area contributed by atoms with Crippen molar-refractivity contribution in [2.75, 3.05) is 18.0 Å². The Bertz CT molecular complexity index is 1140. The Kier molecular flexibility index (Phi) is 4.89. The van der Waals surface area contributed by atoms with Gasteiger partial charge < -0.3 is 9.64 Å². The third-order valence-electron chi connectivity index (χ3n) is 6.13. The van der Waals surface area contributed by atoms with Crippen LogP contribution in [0.5, 0.6) is 5.75 Å². The summed E-state index contributed by atoms with van der Waals surface area (Å²) >= 11 is 6.12. The smallest absolute Gasteiger partial charge is 0.170 e. The summed E-state index contributed by atoms with van der Waals surface area (Å²) in [4.78, 5) is 15.0. The van der Waals surface area contributed by atoms with Gasteiger partial charge in [0.15, 0.2) is 11.6 Å². The molecule has 0 bridgehead atoms. The summed E-state index contributed by atoms with van der Waals surface area (Å²) in [6.07, 6.45) is 1.81. The van der Waals surface area contributed by atoms with Crippen LogP contribution in [-0.4, -0.2) is 34.7 Å². The van der Waals surface area contributed by atoms with E-state index in [1.807, 2.05) is 25.1 Å². The predicted molar refractivity (Wildman–Crippen MR) is 117 cm³/mol. The predicted octanol–water partition coefficient (Wildman–Crippen LogP) is 5.25. The number of ether oxygens (including phenoxy) is 1. The van der Waals surface area contributed by atoms with Crippen LogP contribution in [0.2, 0.25) is 5.02 Å². The molecule has 5 rings (SSSR count). The molecule has 5 nitrogen and oxygen atoms in total. The number of hydrogen-bond acceptors (Lipinski definition) is 5. The van der Waals surface area contributed by atoms with Crippen molar-refractivity contribution >= 4 is 23.2 Å². The maximum Gasteiger partial charge on any atom is 0.170 e. The molecule has 1 spiro atoms. The zero-order chi connectivity index (χ0) is 21.6. The lowest BCUT2D eigenvalue weighted by atomic mass is 9.82. The first-order chi connectivity index (χ1) is 14.9. The van der Waals surface area contributed by atoms with Crippen molar-refractivity contribution in [3.05, 3.63) is 70.5 Å². The number of Topliss-reactive ketones (excluding diaryl/α,β-unsaturated/α-hetero) is 1. The standard InChI is InChI=1S/C24H21ClFN3O2/c1-15-12-17(25)13-19-21(30)14-24(31-23(15)19)8-10-29(11-9-24)22-7-6-20(27-28-22)16-2-4-18(26)5-3-16/h2-7,12-13H,8-11,14H2,1H3. The molecule has 3 aromatic rings. The number of piperidine rings is 1. The van der Waals surface area contributed by atoms with Gasteiger partial charge in [0, 0.05) is 36.5 Å². The minimum absolute atomic E-state index is 0.0868. The van der Waals surface area contributed by atoms with Crippen LogP contribution < -0.4 is 9.64 Å². The van der Waals surface area contributed by atoms with Crippen LogP contribution >= 0.6 is 11.6 Å². The Morgan fingerprint density at radius 2 is 1.81 bits per heavy atom. The van der Waals surface area contributed by atoms with Gasteiger partial charge in [0.2, 0.25) is 0 Å². The Morgan fingerprint density at radius 1 is 1.06 bits per heavy atom. The maximum atomic E-state index is 13.1. The fourth-order valence-electron chi connectivity index (χ4n) is 4.40. The first kappa shape index (κ1) is 19.9. The van der Waals surface area contributed by atoms with Crippen LogP contribution in [0.1, 0.15) is 35.2 Å². The number of anilines is 1. The van der Waals surface area contributed by atoms with Gasteiger partial charge >= 0.3 is 0 Å². The molecule has 0 unspecified atom stereocenters. The summed E-state index contributed by atoms with van der Waals surface area (Å²) in [5, 5.41) is 9.23. The van der Waals surface area contributed by atoms with Gasteiger partial charge in [-0.05, 0) is 61.0 Å². The monoisotopic (exact) mass is 437 g/mol. The second-order valence-electron chi connectivity index (χ2n) is 8.26. The van der Waals surface area contributed by atoms with Gasteiger partial charge in [-0.2, -0.15) is 0 Å². The fourth-order valence-corrected chi connectivity index (χ4v) is 4.68. The molecule has 0 saturated carbocycles. The molecule has 1 fully saturated rings. The second kappa shape index (κ2) is 7.61. The lowest BCUT2D eigenvalue weighted by Crippen LogP contribution is -2.51. The van der Waals surface area contributed by atoms with Crippen LogP contribution in [0.15, 0.2) is 48.5 Å². The first-order valence-electron chi connectivity index (χ1n) is 10.3. The van der Waals surface area contributed by atoms with E-state index >= 15 is 0 Å². The van der Waals surface area contributed by atoms with Gasteiger partial charge in [-0.3, -0.25) is 4.79 Å². The fraction of sp³-hybridized carbons (Fsp3) is 0.292. The largest absolute Gasteiger partial charge is 0.486 e. The number of aromatic nitrogens is 2. The molecule has 0 N–H and O–H groups in total. The van der Waals surface area contributed by atoms with Crippen molar-refractivity contribution in [1.82, 2.24) is 10.2 Å². The van der Waals surface area contributed by atoms with E-state index < -0.39 is 5.60 Å². The highest BCUT2D eigenvalue weighted by atomic mass is 35.5. The minimum atomic E-state index is -0.485. The number of rotatable bonds is 2. The quantitative estimate of drug-likeness (QED) is 0.548. The van der Waals surface area contributed by atoms with E-state index in [2.05, 4.69) is 15.1 Å². The molecule has 0 atom stereocenters. The van der Waals surface area contributed by atoms with E-state index in [9.17, 15) is 9.18 Å². The second-order valence-corrected chi connectivity index (χ2v) is 8.69. The molecule has 158 valence electrons. The number of ketones is 1. The Labute approximate surface area is 184 Å². The van der Waals surface area contributed by atoms with Gasteiger partial charge in [-0.15, -0.1) is 10.2 Å². The van der Waals surface area contributed by atoms with E-state index in [1.165, 1.54) is 12.1 Å². The molecule has 0 aliphatic carbocycles. The zero-order valence-corrected chi connectivity index (χ0v) is 17.8. The lowest BCUT2D eigenvalue weighted by molar-refractivity contribution is 0.0225. The number of aryl methyl sites for hydroxylation is 1. The molecule has 0 radical (unpaired) electrons. The number of hydrogen-bond donors (Lipinski definition) is 0. The van der Waals surface area contributed by atoms with Crippen molar-refractivity contribution < 1.29 is 13.9 Å².